The monoisotopic (exact) mass is 370 g/mol. The first-order chi connectivity index (χ1) is 12.3. The van der Waals surface area contributed by atoms with Gasteiger partial charge in [-0.1, -0.05) is 6.07 Å². The van der Waals surface area contributed by atoms with Crippen LogP contribution in [0.1, 0.15) is 21.6 Å². The van der Waals surface area contributed by atoms with Gasteiger partial charge < -0.3 is 5.32 Å². The number of benzene rings is 2. The fourth-order valence-corrected chi connectivity index (χ4v) is 3.39. The summed E-state index contributed by atoms with van der Waals surface area (Å²) in [5, 5.41) is 12.1. The summed E-state index contributed by atoms with van der Waals surface area (Å²) in [6.45, 7) is 3.58. The van der Waals surface area contributed by atoms with Gasteiger partial charge in [-0.3, -0.25) is 4.79 Å². The number of aromatic nitrogens is 2. The molecule has 0 saturated carbocycles. The number of aryl methyl sites for hydroxylation is 2. The molecule has 1 heterocycles. The minimum absolute atomic E-state index is 0.0141. The predicted molar refractivity (Wildman–Crippen MR) is 98.8 cm³/mol. The van der Waals surface area contributed by atoms with Crippen molar-refractivity contribution in [3.63, 3.8) is 0 Å². The molecule has 26 heavy (non-hydrogen) atoms. The highest BCUT2D eigenvalue weighted by atomic mass is 32.2. The van der Waals surface area contributed by atoms with E-state index in [9.17, 15) is 13.2 Å². The molecule has 8 heteroatoms. The van der Waals surface area contributed by atoms with Gasteiger partial charge in [-0.25, -0.2) is 18.2 Å². The summed E-state index contributed by atoms with van der Waals surface area (Å²) < 4.78 is 25.0. The quantitative estimate of drug-likeness (QED) is 0.735. The van der Waals surface area contributed by atoms with E-state index in [0.29, 0.717) is 16.8 Å². The van der Waals surface area contributed by atoms with Gasteiger partial charge in [0.25, 0.3) is 5.91 Å². The average Bonchev–Trinajstić information content (AvgIpc) is 3.01. The summed E-state index contributed by atoms with van der Waals surface area (Å²) in [4.78, 5) is 12.4. The Hall–Kier alpha value is -2.97. The van der Waals surface area contributed by atoms with Crippen LogP contribution in [0, 0.1) is 13.8 Å². The Morgan fingerprint density at radius 3 is 2.35 bits per heavy atom. The third-order valence-corrected chi connectivity index (χ3v) is 5.01. The van der Waals surface area contributed by atoms with E-state index in [1.165, 1.54) is 6.07 Å². The minimum atomic E-state index is -3.85. The fraction of sp³-hybridized carbons (Fsp3) is 0.111. The Morgan fingerprint density at radius 1 is 1.08 bits per heavy atom. The van der Waals surface area contributed by atoms with Crippen molar-refractivity contribution in [2.45, 2.75) is 18.7 Å². The number of nitrogens with one attached hydrogen (secondary N) is 1. The van der Waals surface area contributed by atoms with E-state index in [0.717, 1.165) is 11.4 Å². The number of nitrogens with zero attached hydrogens (tertiary/aromatic N) is 2. The third-order valence-electron chi connectivity index (χ3n) is 3.96. The number of carbonyl (C=O) groups excluding carboxylic acids is 1. The Morgan fingerprint density at radius 2 is 1.77 bits per heavy atom. The van der Waals surface area contributed by atoms with Gasteiger partial charge in [0.1, 0.15) is 0 Å². The van der Waals surface area contributed by atoms with Crippen molar-refractivity contribution < 1.29 is 13.2 Å². The summed E-state index contributed by atoms with van der Waals surface area (Å²) in [5.41, 5.74) is 3.14. The predicted octanol–water partition coefficient (Wildman–Crippen LogP) is 2.39. The molecular weight excluding hydrogens is 352 g/mol. The first kappa shape index (κ1) is 17.8. The molecule has 0 saturated heterocycles. The number of hydrogen-bond acceptors (Lipinski definition) is 4. The van der Waals surface area contributed by atoms with Crippen molar-refractivity contribution in [3.05, 3.63) is 71.5 Å². The Labute approximate surface area is 151 Å². The number of carbonyl (C=O) groups is 1. The molecule has 0 aliphatic rings. The first-order valence-corrected chi connectivity index (χ1v) is 9.36. The second-order valence-electron chi connectivity index (χ2n) is 5.91. The van der Waals surface area contributed by atoms with Crippen molar-refractivity contribution in [1.29, 1.82) is 0 Å². The molecule has 1 amide bonds. The van der Waals surface area contributed by atoms with Crippen molar-refractivity contribution in [1.82, 2.24) is 9.78 Å². The van der Waals surface area contributed by atoms with Crippen LogP contribution in [-0.2, 0) is 10.0 Å². The van der Waals surface area contributed by atoms with E-state index in [4.69, 9.17) is 5.14 Å². The average molecular weight is 370 g/mol. The summed E-state index contributed by atoms with van der Waals surface area (Å²) in [5.74, 6) is -0.349. The highest BCUT2D eigenvalue weighted by molar-refractivity contribution is 7.89. The zero-order valence-corrected chi connectivity index (χ0v) is 15.1. The van der Waals surface area contributed by atoms with Gasteiger partial charge in [0.15, 0.2) is 0 Å². The number of amides is 1. The van der Waals surface area contributed by atoms with Gasteiger partial charge in [-0.05, 0) is 61.9 Å². The van der Waals surface area contributed by atoms with Gasteiger partial charge in [0.05, 0.1) is 10.6 Å². The number of hydrogen-bond donors (Lipinski definition) is 2. The normalized spacial score (nSPS) is 11.3. The number of sulfonamides is 1. The lowest BCUT2D eigenvalue weighted by Crippen LogP contribution is -2.16. The summed E-state index contributed by atoms with van der Waals surface area (Å²) >= 11 is 0. The van der Waals surface area contributed by atoms with Gasteiger partial charge in [-0.2, -0.15) is 5.10 Å². The molecule has 7 nitrogen and oxygen atoms in total. The molecule has 3 rings (SSSR count). The molecule has 0 radical (unpaired) electrons. The number of rotatable bonds is 4. The largest absolute Gasteiger partial charge is 0.322 e. The second kappa shape index (κ2) is 6.74. The zero-order valence-electron chi connectivity index (χ0n) is 14.3. The van der Waals surface area contributed by atoms with E-state index in [1.807, 2.05) is 13.0 Å². The Kier molecular flexibility index (Phi) is 4.62. The summed E-state index contributed by atoms with van der Waals surface area (Å²) in [7, 11) is -3.85. The van der Waals surface area contributed by atoms with Crippen LogP contribution in [0.3, 0.4) is 0 Å². The SMILES string of the molecule is Cc1ccc(NC(=O)c2ccc(-n3nccc3C)cc2)cc1S(N)(=O)=O. The van der Waals surface area contributed by atoms with Crippen LogP contribution in [0.15, 0.2) is 59.6 Å². The highest BCUT2D eigenvalue weighted by Gasteiger charge is 2.14. The van der Waals surface area contributed by atoms with Crippen LogP contribution in [0.25, 0.3) is 5.69 Å². The van der Waals surface area contributed by atoms with Gasteiger partial charge in [0.2, 0.25) is 10.0 Å². The highest BCUT2D eigenvalue weighted by Crippen LogP contribution is 2.20. The maximum Gasteiger partial charge on any atom is 0.255 e. The molecule has 0 aliphatic carbocycles. The third kappa shape index (κ3) is 3.66. The summed E-state index contributed by atoms with van der Waals surface area (Å²) in [6.07, 6.45) is 1.70. The summed E-state index contributed by atoms with van der Waals surface area (Å²) in [6, 6.07) is 13.4. The second-order valence-corrected chi connectivity index (χ2v) is 7.44. The van der Waals surface area contributed by atoms with Crippen LogP contribution >= 0.6 is 0 Å². The molecular formula is C18H18N4O3S. The molecule has 134 valence electrons. The lowest BCUT2D eigenvalue weighted by atomic mass is 10.1. The molecule has 0 aliphatic heterocycles. The van der Waals surface area contributed by atoms with Crippen molar-refractivity contribution in [2.75, 3.05) is 5.32 Å². The van der Waals surface area contributed by atoms with E-state index >= 15 is 0 Å². The van der Waals surface area contributed by atoms with E-state index in [-0.39, 0.29) is 10.8 Å². The van der Waals surface area contributed by atoms with E-state index < -0.39 is 10.0 Å². The van der Waals surface area contributed by atoms with E-state index in [1.54, 1.807) is 54.2 Å². The Bertz CT molecular complexity index is 1070. The molecule has 0 spiro atoms. The molecule has 0 unspecified atom stereocenters. The molecule has 1 aromatic heterocycles. The van der Waals surface area contributed by atoms with Gasteiger partial charge in [0, 0.05) is 23.1 Å². The number of primary sulfonamides is 1. The molecule has 0 atom stereocenters. The van der Waals surface area contributed by atoms with Crippen LogP contribution < -0.4 is 10.5 Å². The van der Waals surface area contributed by atoms with E-state index in [2.05, 4.69) is 10.4 Å². The lowest BCUT2D eigenvalue weighted by molar-refractivity contribution is 0.102. The minimum Gasteiger partial charge on any atom is -0.322 e. The van der Waals surface area contributed by atoms with Crippen molar-refractivity contribution >= 4 is 21.6 Å². The fourth-order valence-electron chi connectivity index (χ4n) is 2.58. The molecule has 0 bridgehead atoms. The van der Waals surface area contributed by atoms with Crippen LogP contribution in [-0.4, -0.2) is 24.1 Å². The van der Waals surface area contributed by atoms with Crippen LogP contribution in [0.4, 0.5) is 5.69 Å². The first-order valence-electron chi connectivity index (χ1n) is 7.81. The van der Waals surface area contributed by atoms with Crippen LogP contribution in [0.2, 0.25) is 0 Å². The van der Waals surface area contributed by atoms with Crippen molar-refractivity contribution in [3.8, 4) is 5.69 Å². The standard InChI is InChI=1S/C18H18N4O3S/c1-12-3-6-15(11-17(12)26(19,24)25)21-18(23)14-4-7-16(8-5-14)22-13(2)9-10-20-22/h3-11H,1-2H3,(H,21,23)(H2,19,24,25). The number of nitrogens with two attached hydrogens (primary N) is 1. The molecule has 0 fully saturated rings. The molecule has 2 aromatic carbocycles. The van der Waals surface area contributed by atoms with Crippen molar-refractivity contribution in [2.24, 2.45) is 5.14 Å². The topological polar surface area (TPSA) is 107 Å². The van der Waals surface area contributed by atoms with Gasteiger partial charge >= 0.3 is 0 Å². The maximum atomic E-state index is 12.4. The smallest absolute Gasteiger partial charge is 0.255 e. The molecule has 3 N–H and O–H groups in total. The lowest BCUT2D eigenvalue weighted by Gasteiger charge is -2.10. The zero-order chi connectivity index (χ0) is 18.9. The van der Waals surface area contributed by atoms with Gasteiger partial charge in [-0.15, -0.1) is 0 Å². The number of anilines is 1. The molecule has 3 aromatic rings. The van der Waals surface area contributed by atoms with Crippen LogP contribution in [0.5, 0.6) is 0 Å². The Balaban J connectivity index is 1.82. The maximum absolute atomic E-state index is 12.4.